The molecule has 9 nitrogen and oxygen atoms in total. The van der Waals surface area contributed by atoms with Crippen LogP contribution in [0.3, 0.4) is 0 Å². The lowest BCUT2D eigenvalue weighted by molar-refractivity contribution is -0.875. The number of carbonyl (C=O) groups is 3. The average molecular weight is 526 g/mol. The van der Waals surface area contributed by atoms with Gasteiger partial charge in [-0.15, -0.1) is 0 Å². The molecular weight excluding hydrogens is 462 g/mol. The van der Waals surface area contributed by atoms with E-state index in [9.17, 15) is 29.7 Å². The van der Waals surface area contributed by atoms with E-state index < -0.39 is 17.9 Å². The Morgan fingerprint density at radius 2 is 0.722 bits per heavy atom. The maximum atomic E-state index is 9.65. The summed E-state index contributed by atoms with van der Waals surface area (Å²) >= 11 is 0. The summed E-state index contributed by atoms with van der Waals surface area (Å²) in [5, 5.41) is 28.4. The van der Waals surface area contributed by atoms with Crippen molar-refractivity contribution < 1.29 is 44.4 Å². The lowest BCUT2D eigenvalue weighted by Gasteiger charge is -2.04. The van der Waals surface area contributed by atoms with Crippen molar-refractivity contribution in [3.05, 3.63) is 0 Å². The molecule has 0 atom stereocenters. The minimum absolute atomic E-state index is 0.111. The first-order valence-electron chi connectivity index (χ1n) is 13.8. The minimum Gasteiger partial charge on any atom is -0.550 e. The van der Waals surface area contributed by atoms with Gasteiger partial charge < -0.3 is 44.4 Å². The smallest absolute Gasteiger partial charge is 0.0740 e. The number of carboxylic acids is 3. The summed E-state index contributed by atoms with van der Waals surface area (Å²) in [6.45, 7) is 25.9. The summed E-state index contributed by atoms with van der Waals surface area (Å²) in [4.78, 5) is 33.2. The van der Waals surface area contributed by atoms with Crippen LogP contribution in [0.1, 0.15) is 101 Å². The van der Waals surface area contributed by atoms with Crippen LogP contribution in [0.15, 0.2) is 0 Å². The van der Waals surface area contributed by atoms with Gasteiger partial charge in [0.25, 0.3) is 0 Å². The zero-order valence-electron chi connectivity index (χ0n) is 25.9. The van der Waals surface area contributed by atoms with Gasteiger partial charge in [-0.05, 0) is 67.2 Å². The SMILES string of the molecule is CCC(=O)[O-].CCCC(=O)[O-].CCCCC(=O)[O-].CC[NH+](C)CC.CC[NH+](C)CC.CC[NH+](C)CC. The molecule has 0 bridgehead atoms. The molecule has 0 aromatic rings. The fourth-order valence-corrected chi connectivity index (χ4v) is 1.28. The van der Waals surface area contributed by atoms with E-state index in [2.05, 4.69) is 62.7 Å². The molecule has 0 heterocycles. The molecule has 0 amide bonds. The molecule has 0 unspecified atom stereocenters. The molecule has 0 spiro atoms. The molecule has 0 aliphatic rings. The number of nitrogens with one attached hydrogen (secondary N) is 3. The van der Waals surface area contributed by atoms with E-state index >= 15 is 0 Å². The van der Waals surface area contributed by atoms with E-state index in [0.29, 0.717) is 6.42 Å². The normalized spacial score (nSPS) is 9.08. The molecule has 0 rings (SSSR count). The topological polar surface area (TPSA) is 134 Å². The van der Waals surface area contributed by atoms with Gasteiger partial charge in [-0.25, -0.2) is 0 Å². The highest BCUT2D eigenvalue weighted by molar-refractivity contribution is 5.64. The van der Waals surface area contributed by atoms with Crippen LogP contribution in [-0.2, 0) is 14.4 Å². The van der Waals surface area contributed by atoms with Crippen molar-refractivity contribution in [1.82, 2.24) is 0 Å². The Bertz CT molecular complexity index is 402. The van der Waals surface area contributed by atoms with E-state index in [-0.39, 0.29) is 19.3 Å². The maximum Gasteiger partial charge on any atom is 0.0740 e. The third-order valence-electron chi connectivity index (χ3n) is 5.10. The Hall–Kier alpha value is -1.71. The van der Waals surface area contributed by atoms with Gasteiger partial charge >= 0.3 is 0 Å². The van der Waals surface area contributed by atoms with Crippen LogP contribution in [-0.4, -0.2) is 78.3 Å². The lowest BCUT2D eigenvalue weighted by atomic mass is 10.3. The van der Waals surface area contributed by atoms with Crippen molar-refractivity contribution >= 4 is 17.9 Å². The van der Waals surface area contributed by atoms with Crippen molar-refractivity contribution in [2.75, 3.05) is 60.4 Å². The molecule has 0 aromatic heterocycles. The average Bonchev–Trinajstić information content (AvgIpc) is 2.87. The second kappa shape index (κ2) is 43.4. The largest absolute Gasteiger partial charge is 0.550 e. The monoisotopic (exact) mass is 525 g/mol. The summed E-state index contributed by atoms with van der Waals surface area (Å²) < 4.78 is 0. The number of carboxylic acid groups (broad SMARTS) is 3. The van der Waals surface area contributed by atoms with Gasteiger partial charge in [0, 0.05) is 17.9 Å². The number of carbonyl (C=O) groups excluding carboxylic acids is 3. The Labute approximate surface area is 223 Å². The van der Waals surface area contributed by atoms with Crippen LogP contribution in [0, 0.1) is 0 Å². The van der Waals surface area contributed by atoms with Gasteiger partial charge in [0.2, 0.25) is 0 Å². The minimum atomic E-state index is -0.995. The highest BCUT2D eigenvalue weighted by atomic mass is 16.4. The van der Waals surface area contributed by atoms with E-state index in [4.69, 9.17) is 0 Å². The highest BCUT2D eigenvalue weighted by Gasteiger charge is 1.86. The van der Waals surface area contributed by atoms with Crippen LogP contribution >= 0.6 is 0 Å². The molecule has 0 aliphatic carbocycles. The fraction of sp³-hybridized carbons (Fsp3) is 0.889. The molecule has 222 valence electrons. The van der Waals surface area contributed by atoms with Crippen molar-refractivity contribution in [3.8, 4) is 0 Å². The third-order valence-corrected chi connectivity index (χ3v) is 5.10. The molecule has 9 heteroatoms. The molecule has 0 saturated carbocycles. The molecule has 0 saturated heterocycles. The number of unbranched alkanes of at least 4 members (excludes halogenated alkanes) is 1. The van der Waals surface area contributed by atoms with E-state index in [1.165, 1.54) is 46.2 Å². The number of hydrogen-bond donors (Lipinski definition) is 3. The van der Waals surface area contributed by atoms with Gasteiger partial charge in [-0.1, -0.05) is 33.6 Å². The van der Waals surface area contributed by atoms with Gasteiger partial charge in [-0.2, -0.15) is 0 Å². The van der Waals surface area contributed by atoms with Crippen LogP contribution < -0.4 is 30.0 Å². The van der Waals surface area contributed by atoms with Crippen molar-refractivity contribution in [1.29, 1.82) is 0 Å². The summed E-state index contributed by atoms with van der Waals surface area (Å²) in [6, 6.07) is 0. The second-order valence-corrected chi connectivity index (χ2v) is 8.32. The highest BCUT2D eigenvalue weighted by Crippen LogP contribution is 1.89. The lowest BCUT2D eigenvalue weighted by Crippen LogP contribution is -3.08. The fourth-order valence-electron chi connectivity index (χ4n) is 1.28. The summed E-state index contributed by atoms with van der Waals surface area (Å²) in [5.41, 5.74) is 0. The number of aliphatic carboxylic acids is 3. The number of rotatable bonds is 12. The predicted molar refractivity (Wildman–Crippen MR) is 144 cm³/mol. The first-order chi connectivity index (χ1) is 16.7. The molecular formula is C27H63N3O6. The van der Waals surface area contributed by atoms with Crippen molar-refractivity contribution in [3.63, 3.8) is 0 Å². The summed E-state index contributed by atoms with van der Waals surface area (Å²) in [5.74, 6) is -2.90. The molecule has 0 radical (unpaired) electrons. The van der Waals surface area contributed by atoms with E-state index in [1.807, 2.05) is 6.92 Å². The van der Waals surface area contributed by atoms with Crippen molar-refractivity contribution in [2.24, 2.45) is 0 Å². The van der Waals surface area contributed by atoms with Gasteiger partial charge in [-0.3, -0.25) is 0 Å². The van der Waals surface area contributed by atoms with Gasteiger partial charge in [0.05, 0.1) is 60.4 Å². The van der Waals surface area contributed by atoms with Crippen LogP contribution in [0.25, 0.3) is 0 Å². The molecule has 3 N–H and O–H groups in total. The van der Waals surface area contributed by atoms with E-state index in [1.54, 1.807) is 21.6 Å². The van der Waals surface area contributed by atoms with Gasteiger partial charge in [0.1, 0.15) is 0 Å². The zero-order chi connectivity index (χ0) is 29.9. The number of hydrogen-bond acceptors (Lipinski definition) is 6. The summed E-state index contributed by atoms with van der Waals surface area (Å²) in [6.07, 6.45) is 2.83. The first kappa shape index (κ1) is 47.5. The third kappa shape index (κ3) is 85.0. The van der Waals surface area contributed by atoms with Crippen LogP contribution in [0.4, 0.5) is 0 Å². The molecule has 0 aliphatic heterocycles. The van der Waals surface area contributed by atoms with Crippen LogP contribution in [0.2, 0.25) is 0 Å². The molecule has 36 heavy (non-hydrogen) atoms. The van der Waals surface area contributed by atoms with Crippen LogP contribution in [0.5, 0.6) is 0 Å². The standard InChI is InChI=1S/3C5H13N.C5H10O2.C4H8O2.C3H6O2/c3*1-4-6(3)5-2;1-2-3-4-5(6)7;1-2-3-4(5)6;1-2-3(4)5/h3*4-5H2,1-3H3;2-4H2,1H3,(H,6,7);2-3H2,1H3,(H,5,6);2H2,1H3,(H,4,5). The Balaban J connectivity index is -0.0000000752. The van der Waals surface area contributed by atoms with E-state index in [0.717, 1.165) is 12.8 Å². The number of quaternary nitrogens is 3. The zero-order valence-corrected chi connectivity index (χ0v) is 25.9. The van der Waals surface area contributed by atoms with Crippen molar-refractivity contribution in [2.45, 2.75) is 101 Å². The Morgan fingerprint density at radius 3 is 0.750 bits per heavy atom. The van der Waals surface area contributed by atoms with Gasteiger partial charge in [0.15, 0.2) is 0 Å². The molecule has 0 fully saturated rings. The molecule has 0 aromatic carbocycles. The second-order valence-electron chi connectivity index (χ2n) is 8.32. The summed E-state index contributed by atoms with van der Waals surface area (Å²) in [7, 11) is 6.58. The quantitative estimate of drug-likeness (QED) is 0.253. The maximum absolute atomic E-state index is 9.65. The Morgan fingerprint density at radius 1 is 0.472 bits per heavy atom. The first-order valence-corrected chi connectivity index (χ1v) is 13.8. The predicted octanol–water partition coefficient (Wildman–Crippen LogP) is -2.77. The Kier molecular flexibility index (Phi) is 57.2.